The number of carbonyl (C=O) groups is 2. The summed E-state index contributed by atoms with van der Waals surface area (Å²) in [6.45, 7) is 1.89. The maximum Gasteiger partial charge on any atom is 0.262 e. The summed E-state index contributed by atoms with van der Waals surface area (Å²) in [7, 11) is 0. The molecule has 0 aliphatic carbocycles. The second-order valence-corrected chi connectivity index (χ2v) is 7.53. The lowest BCUT2D eigenvalue weighted by molar-refractivity contribution is -0.118. The molecule has 6 heteroatoms. The van der Waals surface area contributed by atoms with Crippen molar-refractivity contribution in [2.45, 2.75) is 19.4 Å². The van der Waals surface area contributed by atoms with Gasteiger partial charge in [-0.05, 0) is 41.6 Å². The standard InChI is InChI=1S/C21H19ClN2O2S/c1-14-9-10-16(22)13-17(14)23-20(25)18(12-15-6-3-2-4-7-15)24-21(26)19-8-5-11-27-19/h2-11,13,18H,12H2,1H3,(H,23,25)(H,24,26). The molecule has 0 radical (unpaired) electrons. The van der Waals surface area contributed by atoms with E-state index in [-0.39, 0.29) is 11.8 Å². The number of hydrogen-bond donors (Lipinski definition) is 2. The molecule has 0 saturated carbocycles. The first kappa shape index (κ1) is 19.1. The summed E-state index contributed by atoms with van der Waals surface area (Å²) in [6, 6.07) is 17.7. The van der Waals surface area contributed by atoms with Gasteiger partial charge < -0.3 is 10.6 Å². The Labute approximate surface area is 167 Å². The molecule has 1 unspecified atom stereocenters. The van der Waals surface area contributed by atoms with E-state index in [0.717, 1.165) is 11.1 Å². The summed E-state index contributed by atoms with van der Waals surface area (Å²) in [5.41, 5.74) is 2.50. The van der Waals surface area contributed by atoms with Gasteiger partial charge in [0.05, 0.1) is 4.88 Å². The molecule has 1 heterocycles. The van der Waals surface area contributed by atoms with Crippen LogP contribution in [0.4, 0.5) is 5.69 Å². The maximum absolute atomic E-state index is 12.9. The van der Waals surface area contributed by atoms with Crippen LogP contribution in [-0.2, 0) is 11.2 Å². The zero-order valence-corrected chi connectivity index (χ0v) is 16.3. The number of amides is 2. The summed E-state index contributed by atoms with van der Waals surface area (Å²) in [6.07, 6.45) is 0.392. The highest BCUT2D eigenvalue weighted by Crippen LogP contribution is 2.21. The summed E-state index contributed by atoms with van der Waals surface area (Å²) in [4.78, 5) is 26.0. The fourth-order valence-corrected chi connectivity index (χ4v) is 3.44. The molecule has 2 aromatic carbocycles. The van der Waals surface area contributed by atoms with Gasteiger partial charge >= 0.3 is 0 Å². The van der Waals surface area contributed by atoms with Crippen LogP contribution in [0.1, 0.15) is 20.8 Å². The van der Waals surface area contributed by atoms with E-state index in [1.54, 1.807) is 24.3 Å². The molecule has 1 aromatic heterocycles. The molecule has 0 aliphatic rings. The molecular formula is C21H19ClN2O2S. The van der Waals surface area contributed by atoms with Crippen LogP contribution in [0.2, 0.25) is 5.02 Å². The number of carbonyl (C=O) groups excluding carboxylic acids is 2. The number of benzene rings is 2. The second kappa shape index (κ2) is 8.84. The average molecular weight is 399 g/mol. The van der Waals surface area contributed by atoms with Crippen LogP contribution in [0, 0.1) is 6.92 Å². The molecule has 27 heavy (non-hydrogen) atoms. The third kappa shape index (κ3) is 5.18. The molecule has 0 fully saturated rings. The molecule has 0 bridgehead atoms. The highest BCUT2D eigenvalue weighted by atomic mass is 35.5. The highest BCUT2D eigenvalue weighted by Gasteiger charge is 2.23. The number of nitrogens with one attached hydrogen (secondary N) is 2. The summed E-state index contributed by atoms with van der Waals surface area (Å²) < 4.78 is 0. The average Bonchev–Trinajstić information content (AvgIpc) is 3.20. The fraction of sp³-hybridized carbons (Fsp3) is 0.143. The van der Waals surface area contributed by atoms with Gasteiger partial charge in [0, 0.05) is 17.1 Å². The molecule has 0 aliphatic heterocycles. The predicted molar refractivity (Wildman–Crippen MR) is 111 cm³/mol. The number of aryl methyl sites for hydroxylation is 1. The lowest BCUT2D eigenvalue weighted by atomic mass is 10.0. The molecule has 0 spiro atoms. The zero-order chi connectivity index (χ0) is 19.2. The lowest BCUT2D eigenvalue weighted by Crippen LogP contribution is -2.45. The Morgan fingerprint density at radius 2 is 1.85 bits per heavy atom. The first-order valence-electron chi connectivity index (χ1n) is 8.48. The van der Waals surface area contributed by atoms with Gasteiger partial charge in [0.25, 0.3) is 5.91 Å². The zero-order valence-electron chi connectivity index (χ0n) is 14.7. The first-order valence-corrected chi connectivity index (χ1v) is 9.74. The van der Waals surface area contributed by atoms with Gasteiger partial charge in [-0.1, -0.05) is 54.1 Å². The van der Waals surface area contributed by atoms with Crippen molar-refractivity contribution in [1.29, 1.82) is 0 Å². The number of halogens is 1. The molecule has 1 atom stereocenters. The van der Waals surface area contributed by atoms with Crippen molar-refractivity contribution in [3.8, 4) is 0 Å². The van der Waals surface area contributed by atoms with E-state index in [0.29, 0.717) is 22.0 Å². The quantitative estimate of drug-likeness (QED) is 0.632. The van der Waals surface area contributed by atoms with Crippen molar-refractivity contribution in [3.05, 3.63) is 87.1 Å². The molecule has 4 nitrogen and oxygen atoms in total. The first-order chi connectivity index (χ1) is 13.0. The van der Waals surface area contributed by atoms with Gasteiger partial charge in [0.1, 0.15) is 6.04 Å². The van der Waals surface area contributed by atoms with E-state index in [4.69, 9.17) is 11.6 Å². The van der Waals surface area contributed by atoms with E-state index in [1.165, 1.54) is 11.3 Å². The minimum atomic E-state index is -0.708. The monoisotopic (exact) mass is 398 g/mol. The largest absolute Gasteiger partial charge is 0.339 e. The van der Waals surface area contributed by atoms with Crippen molar-refractivity contribution < 1.29 is 9.59 Å². The molecule has 138 valence electrons. The van der Waals surface area contributed by atoms with Crippen LogP contribution >= 0.6 is 22.9 Å². The molecule has 2 amide bonds. The molecule has 3 rings (SSSR count). The van der Waals surface area contributed by atoms with Crippen molar-refractivity contribution >= 4 is 40.4 Å². The Morgan fingerprint density at radius 1 is 1.07 bits per heavy atom. The highest BCUT2D eigenvalue weighted by molar-refractivity contribution is 7.12. The molecule has 3 aromatic rings. The van der Waals surface area contributed by atoms with Gasteiger partial charge in [-0.25, -0.2) is 0 Å². The Balaban J connectivity index is 1.80. The Hall–Kier alpha value is -2.63. The van der Waals surface area contributed by atoms with Crippen molar-refractivity contribution in [3.63, 3.8) is 0 Å². The van der Waals surface area contributed by atoms with E-state index < -0.39 is 6.04 Å². The van der Waals surface area contributed by atoms with Crippen molar-refractivity contribution in [2.24, 2.45) is 0 Å². The number of thiophene rings is 1. The maximum atomic E-state index is 12.9. The van der Waals surface area contributed by atoms with Crippen LogP contribution in [0.25, 0.3) is 0 Å². The van der Waals surface area contributed by atoms with Crippen LogP contribution in [0.3, 0.4) is 0 Å². The Bertz CT molecular complexity index is 927. The van der Waals surface area contributed by atoms with Crippen LogP contribution in [-0.4, -0.2) is 17.9 Å². The number of hydrogen-bond acceptors (Lipinski definition) is 3. The minimum Gasteiger partial charge on any atom is -0.339 e. The van der Waals surface area contributed by atoms with Gasteiger partial charge in [0.15, 0.2) is 0 Å². The SMILES string of the molecule is Cc1ccc(Cl)cc1NC(=O)C(Cc1ccccc1)NC(=O)c1cccs1. The Kier molecular flexibility index (Phi) is 6.27. The summed E-state index contributed by atoms with van der Waals surface area (Å²) >= 11 is 7.38. The number of anilines is 1. The van der Waals surface area contributed by atoms with E-state index in [1.807, 2.05) is 48.7 Å². The smallest absolute Gasteiger partial charge is 0.262 e. The van der Waals surface area contributed by atoms with Crippen LogP contribution < -0.4 is 10.6 Å². The fourth-order valence-electron chi connectivity index (χ4n) is 2.64. The normalized spacial score (nSPS) is 11.6. The van der Waals surface area contributed by atoms with Gasteiger partial charge in [-0.15, -0.1) is 11.3 Å². The minimum absolute atomic E-state index is 0.260. The molecule has 2 N–H and O–H groups in total. The number of rotatable bonds is 6. The Morgan fingerprint density at radius 3 is 2.56 bits per heavy atom. The third-order valence-corrected chi connectivity index (χ3v) is 5.21. The van der Waals surface area contributed by atoms with E-state index in [9.17, 15) is 9.59 Å². The van der Waals surface area contributed by atoms with Crippen molar-refractivity contribution in [1.82, 2.24) is 5.32 Å². The second-order valence-electron chi connectivity index (χ2n) is 6.14. The van der Waals surface area contributed by atoms with Gasteiger partial charge in [-0.2, -0.15) is 0 Å². The van der Waals surface area contributed by atoms with Gasteiger partial charge in [-0.3, -0.25) is 9.59 Å². The molecule has 0 saturated heterocycles. The van der Waals surface area contributed by atoms with Crippen LogP contribution in [0.15, 0.2) is 66.0 Å². The molecular weight excluding hydrogens is 380 g/mol. The van der Waals surface area contributed by atoms with Gasteiger partial charge in [0.2, 0.25) is 5.91 Å². The summed E-state index contributed by atoms with van der Waals surface area (Å²) in [5.74, 6) is -0.543. The topological polar surface area (TPSA) is 58.2 Å². The van der Waals surface area contributed by atoms with Crippen LogP contribution in [0.5, 0.6) is 0 Å². The summed E-state index contributed by atoms with van der Waals surface area (Å²) in [5, 5.41) is 8.11. The van der Waals surface area contributed by atoms with E-state index >= 15 is 0 Å². The predicted octanol–water partition coefficient (Wildman–Crippen LogP) is 4.69. The van der Waals surface area contributed by atoms with E-state index in [2.05, 4.69) is 10.6 Å². The third-order valence-electron chi connectivity index (χ3n) is 4.11. The van der Waals surface area contributed by atoms with Crippen molar-refractivity contribution in [2.75, 3.05) is 5.32 Å². The lowest BCUT2D eigenvalue weighted by Gasteiger charge is -2.19.